The normalized spacial score (nSPS) is 30.7. The number of aliphatic hydroxyl groups is 1. The molecule has 1 N–H and O–H groups in total. The van der Waals surface area contributed by atoms with E-state index >= 15 is 0 Å². The molecule has 1 heterocycles. The number of hydrogen-bond donors (Lipinski definition) is 1. The fourth-order valence-electron chi connectivity index (χ4n) is 3.80. The van der Waals surface area contributed by atoms with Crippen molar-refractivity contribution < 1.29 is 14.6 Å². The lowest BCUT2D eigenvalue weighted by atomic mass is 9.82. The smallest absolute Gasteiger partial charge is 0.219 e. The van der Waals surface area contributed by atoms with E-state index in [-0.39, 0.29) is 24.2 Å². The summed E-state index contributed by atoms with van der Waals surface area (Å²) in [6, 6.07) is 7.67. The number of rotatable bonds is 2. The van der Waals surface area contributed by atoms with Gasteiger partial charge in [0.1, 0.15) is 5.75 Å². The van der Waals surface area contributed by atoms with Gasteiger partial charge in [-0.1, -0.05) is 12.1 Å². The molecule has 116 valence electrons. The quantitative estimate of drug-likeness (QED) is 0.911. The number of halogens is 1. The largest absolute Gasteiger partial charge is 0.497 e. The lowest BCUT2D eigenvalue weighted by Crippen LogP contribution is -2.35. The zero-order valence-corrected chi connectivity index (χ0v) is 13.2. The molecule has 1 saturated heterocycles. The van der Waals surface area contributed by atoms with Gasteiger partial charge >= 0.3 is 0 Å². The van der Waals surface area contributed by atoms with Crippen molar-refractivity contribution in [3.05, 3.63) is 29.8 Å². The second-order valence-corrected chi connectivity index (χ2v) is 5.99. The minimum Gasteiger partial charge on any atom is -0.497 e. The fourth-order valence-corrected chi connectivity index (χ4v) is 3.80. The molecule has 1 saturated carbocycles. The van der Waals surface area contributed by atoms with E-state index in [9.17, 15) is 9.90 Å². The van der Waals surface area contributed by atoms with Crippen molar-refractivity contribution in [3.63, 3.8) is 0 Å². The van der Waals surface area contributed by atoms with Crippen LogP contribution in [0.15, 0.2) is 24.3 Å². The van der Waals surface area contributed by atoms with Crippen LogP contribution in [0.4, 0.5) is 0 Å². The van der Waals surface area contributed by atoms with Crippen LogP contribution in [0.2, 0.25) is 0 Å². The lowest BCUT2D eigenvalue weighted by Gasteiger charge is -2.30. The third-order valence-electron chi connectivity index (χ3n) is 4.97. The first-order chi connectivity index (χ1) is 9.54. The van der Waals surface area contributed by atoms with Crippen molar-refractivity contribution in [2.75, 3.05) is 20.2 Å². The maximum absolute atomic E-state index is 11.5. The van der Waals surface area contributed by atoms with Crippen LogP contribution in [-0.2, 0) is 10.4 Å². The highest BCUT2D eigenvalue weighted by Gasteiger charge is 2.52. The summed E-state index contributed by atoms with van der Waals surface area (Å²) in [5, 5.41) is 11.2. The molecule has 0 spiro atoms. The number of carbonyl (C=O) groups excluding carboxylic acids is 1. The van der Waals surface area contributed by atoms with Crippen LogP contribution in [0.1, 0.15) is 25.3 Å². The minimum atomic E-state index is -0.830. The molecule has 3 rings (SSSR count). The van der Waals surface area contributed by atoms with Crippen LogP contribution in [0.25, 0.3) is 0 Å². The summed E-state index contributed by atoms with van der Waals surface area (Å²) in [4.78, 5) is 13.4. The number of fused-ring (bicyclic) bond motifs is 1. The average molecular weight is 312 g/mol. The maximum atomic E-state index is 11.5. The van der Waals surface area contributed by atoms with Gasteiger partial charge in [-0.25, -0.2) is 0 Å². The summed E-state index contributed by atoms with van der Waals surface area (Å²) in [7, 11) is 1.63. The van der Waals surface area contributed by atoms with Crippen LogP contribution < -0.4 is 4.74 Å². The van der Waals surface area contributed by atoms with Crippen molar-refractivity contribution in [1.82, 2.24) is 4.90 Å². The molecule has 1 aliphatic heterocycles. The highest BCUT2D eigenvalue weighted by atomic mass is 35.5. The van der Waals surface area contributed by atoms with Gasteiger partial charge in [-0.05, 0) is 36.5 Å². The van der Waals surface area contributed by atoms with Gasteiger partial charge in [0.15, 0.2) is 0 Å². The molecule has 3 unspecified atom stereocenters. The number of benzene rings is 1. The molecule has 1 aromatic carbocycles. The van der Waals surface area contributed by atoms with E-state index in [1.54, 1.807) is 14.0 Å². The van der Waals surface area contributed by atoms with Crippen molar-refractivity contribution in [1.29, 1.82) is 0 Å². The average Bonchev–Trinajstić information content (AvgIpc) is 3.01. The van der Waals surface area contributed by atoms with Crippen molar-refractivity contribution >= 4 is 18.3 Å². The van der Waals surface area contributed by atoms with Crippen LogP contribution in [0.3, 0.4) is 0 Å². The molecule has 0 aromatic heterocycles. The number of carbonyl (C=O) groups is 1. The van der Waals surface area contributed by atoms with E-state index in [1.807, 2.05) is 29.2 Å². The molecule has 2 aliphatic rings. The molecule has 4 nitrogen and oxygen atoms in total. The first-order valence-electron chi connectivity index (χ1n) is 7.17. The molecule has 1 aromatic rings. The Bertz CT molecular complexity index is 536. The summed E-state index contributed by atoms with van der Waals surface area (Å²) >= 11 is 0. The molecule has 2 fully saturated rings. The second-order valence-electron chi connectivity index (χ2n) is 5.99. The van der Waals surface area contributed by atoms with E-state index in [2.05, 4.69) is 0 Å². The number of nitrogens with zero attached hydrogens (tertiary/aromatic N) is 1. The Hall–Kier alpha value is -1.26. The van der Waals surface area contributed by atoms with E-state index in [0.29, 0.717) is 12.5 Å². The summed E-state index contributed by atoms with van der Waals surface area (Å²) in [6.07, 6.45) is 1.74. The molecular formula is C16H22ClNO3. The van der Waals surface area contributed by atoms with Gasteiger partial charge in [-0.3, -0.25) is 4.79 Å². The molecular weight excluding hydrogens is 290 g/mol. The molecule has 0 radical (unpaired) electrons. The molecule has 21 heavy (non-hydrogen) atoms. The molecule has 1 aliphatic carbocycles. The Morgan fingerprint density at radius 1 is 1.43 bits per heavy atom. The van der Waals surface area contributed by atoms with Gasteiger partial charge < -0.3 is 14.7 Å². The Labute approximate surface area is 131 Å². The van der Waals surface area contributed by atoms with Gasteiger partial charge in [0.2, 0.25) is 5.91 Å². The molecule has 5 heteroatoms. The van der Waals surface area contributed by atoms with Gasteiger partial charge in [0.05, 0.1) is 12.7 Å². The van der Waals surface area contributed by atoms with E-state index in [4.69, 9.17) is 4.74 Å². The molecule has 3 atom stereocenters. The van der Waals surface area contributed by atoms with Crippen LogP contribution >= 0.6 is 12.4 Å². The third kappa shape index (κ3) is 2.62. The highest BCUT2D eigenvalue weighted by molar-refractivity contribution is 5.85. The predicted octanol–water partition coefficient (Wildman–Crippen LogP) is 2.19. The number of amides is 1. The number of ether oxygens (including phenoxy) is 1. The topological polar surface area (TPSA) is 49.8 Å². The van der Waals surface area contributed by atoms with Crippen molar-refractivity contribution in [2.45, 2.75) is 25.4 Å². The van der Waals surface area contributed by atoms with Crippen molar-refractivity contribution in [3.8, 4) is 5.75 Å². The Kier molecular flexibility index (Phi) is 4.49. The van der Waals surface area contributed by atoms with Crippen LogP contribution in [-0.4, -0.2) is 36.1 Å². The fraction of sp³-hybridized carbons (Fsp3) is 0.562. The first kappa shape index (κ1) is 16.1. The summed E-state index contributed by atoms with van der Waals surface area (Å²) in [6.45, 7) is 3.05. The van der Waals surface area contributed by atoms with Crippen LogP contribution in [0, 0.1) is 11.8 Å². The standard InChI is InChI=1S/C16H21NO3.ClH/c1-11(18)17-9-12-6-7-16(19,15(12)10-17)13-4-3-5-14(8-13)20-2;/h3-5,8,12,15,19H,6-7,9-10H2,1-2H3;1H. The maximum Gasteiger partial charge on any atom is 0.219 e. The van der Waals surface area contributed by atoms with Crippen LogP contribution in [0.5, 0.6) is 5.75 Å². The third-order valence-corrected chi connectivity index (χ3v) is 4.97. The van der Waals surface area contributed by atoms with E-state index in [0.717, 1.165) is 30.7 Å². The number of hydrogen-bond acceptors (Lipinski definition) is 3. The lowest BCUT2D eigenvalue weighted by molar-refractivity contribution is -0.128. The van der Waals surface area contributed by atoms with Crippen molar-refractivity contribution in [2.24, 2.45) is 11.8 Å². The van der Waals surface area contributed by atoms with E-state index in [1.165, 1.54) is 0 Å². The molecule has 0 bridgehead atoms. The zero-order valence-electron chi connectivity index (χ0n) is 12.4. The van der Waals surface area contributed by atoms with Gasteiger partial charge in [0, 0.05) is 25.9 Å². The summed E-state index contributed by atoms with van der Waals surface area (Å²) in [5.74, 6) is 1.42. The SMILES string of the molecule is COc1cccc(C2(O)CCC3CN(C(C)=O)CC32)c1.Cl. The zero-order chi connectivity index (χ0) is 14.3. The van der Waals surface area contributed by atoms with E-state index < -0.39 is 5.60 Å². The summed E-state index contributed by atoms with van der Waals surface area (Å²) in [5.41, 5.74) is 0.0819. The van der Waals surface area contributed by atoms with Gasteiger partial charge in [0.25, 0.3) is 0 Å². The predicted molar refractivity (Wildman–Crippen MR) is 82.6 cm³/mol. The Morgan fingerprint density at radius 3 is 2.86 bits per heavy atom. The minimum absolute atomic E-state index is 0. The Morgan fingerprint density at radius 2 is 2.19 bits per heavy atom. The number of likely N-dealkylation sites (tertiary alicyclic amines) is 1. The highest BCUT2D eigenvalue weighted by Crippen LogP contribution is 2.50. The Balaban J connectivity index is 0.00000161. The summed E-state index contributed by atoms with van der Waals surface area (Å²) < 4.78 is 5.25. The van der Waals surface area contributed by atoms with Gasteiger partial charge in [-0.15, -0.1) is 12.4 Å². The van der Waals surface area contributed by atoms with Gasteiger partial charge in [-0.2, -0.15) is 0 Å². The second kappa shape index (κ2) is 5.85. The number of methoxy groups -OCH3 is 1. The first-order valence-corrected chi connectivity index (χ1v) is 7.17. The molecule has 1 amide bonds. The monoisotopic (exact) mass is 311 g/mol.